The van der Waals surface area contributed by atoms with E-state index in [0.717, 1.165) is 12.0 Å². The van der Waals surface area contributed by atoms with Crippen molar-refractivity contribution in [3.8, 4) is 0 Å². The maximum Gasteiger partial charge on any atom is 0.0378 e. The summed E-state index contributed by atoms with van der Waals surface area (Å²) in [4.78, 5) is 0. The molecule has 2 aliphatic rings. The lowest BCUT2D eigenvalue weighted by Crippen LogP contribution is -2.53. The van der Waals surface area contributed by atoms with Gasteiger partial charge in [-0.3, -0.25) is 5.43 Å². The molecule has 4 heteroatoms. The van der Waals surface area contributed by atoms with E-state index in [-0.39, 0.29) is 0 Å². The van der Waals surface area contributed by atoms with Crippen LogP contribution in [0.3, 0.4) is 0 Å². The van der Waals surface area contributed by atoms with Crippen LogP contribution in [0.1, 0.15) is 12.8 Å². The highest BCUT2D eigenvalue weighted by Crippen LogP contribution is 2.38. The Kier molecular flexibility index (Phi) is 3.23. The summed E-state index contributed by atoms with van der Waals surface area (Å²) >= 11 is 0. The molecule has 0 aromatic rings. The molecular weight excluding hydrogens is 188 g/mol. The summed E-state index contributed by atoms with van der Waals surface area (Å²) in [5.74, 6) is 3.60. The van der Waals surface area contributed by atoms with Crippen molar-refractivity contribution in [2.45, 2.75) is 18.9 Å². The second-order valence-corrected chi connectivity index (χ2v) is 6.01. The van der Waals surface area contributed by atoms with Gasteiger partial charge >= 0.3 is 0 Å². The third kappa shape index (κ3) is 1.76. The molecule has 2 nitrogen and oxygen atoms in total. The molecule has 0 bridgehead atoms. The molecule has 2 saturated heterocycles. The number of hydrazine groups is 1. The first kappa shape index (κ1) is 9.19. The van der Waals surface area contributed by atoms with Crippen LogP contribution in [-0.2, 0) is 0 Å². The number of hydrogen-bond acceptors (Lipinski definition) is 4. The lowest BCUT2D eigenvalue weighted by Gasteiger charge is -2.42. The van der Waals surface area contributed by atoms with Gasteiger partial charge in [-0.2, -0.15) is 0 Å². The molecular formula is C8H16N2S2. The Morgan fingerprint density at radius 1 is 1.33 bits per heavy atom. The normalized spacial score (nSPS) is 37.8. The molecule has 2 unspecified atom stereocenters. The fraction of sp³-hybridized carbons (Fsp3) is 1.00. The van der Waals surface area contributed by atoms with Crippen molar-refractivity contribution in [3.05, 3.63) is 0 Å². The monoisotopic (exact) mass is 204 g/mol. The second-order valence-electron chi connectivity index (χ2n) is 3.46. The molecule has 2 rings (SSSR count). The fourth-order valence-corrected chi connectivity index (χ4v) is 4.96. The molecule has 12 heavy (non-hydrogen) atoms. The van der Waals surface area contributed by atoms with E-state index >= 15 is 0 Å². The molecule has 0 aromatic heterocycles. The average molecular weight is 204 g/mol. The summed E-state index contributed by atoms with van der Waals surface area (Å²) in [6.45, 7) is 1.24. The number of fused-ring (bicyclic) bond motifs is 1. The summed E-state index contributed by atoms with van der Waals surface area (Å²) in [6, 6.07) is 0.801. The van der Waals surface area contributed by atoms with Crippen LogP contribution in [0.4, 0.5) is 0 Å². The molecule has 0 aromatic carbocycles. The van der Waals surface area contributed by atoms with Gasteiger partial charge in [0.15, 0.2) is 0 Å². The molecule has 70 valence electrons. The SMILES string of the molecule is CNN1CCCC2CSSCC21. The van der Waals surface area contributed by atoms with E-state index in [1.807, 2.05) is 10.8 Å². The largest absolute Gasteiger partial charge is 0.258 e. The maximum atomic E-state index is 3.31. The summed E-state index contributed by atoms with van der Waals surface area (Å²) < 4.78 is 0. The quantitative estimate of drug-likeness (QED) is 0.652. The minimum absolute atomic E-state index is 0.801. The molecule has 2 atom stereocenters. The van der Waals surface area contributed by atoms with E-state index in [1.165, 1.54) is 30.9 Å². The number of hydrogen-bond donors (Lipinski definition) is 1. The molecule has 2 heterocycles. The van der Waals surface area contributed by atoms with Crippen molar-refractivity contribution in [2.75, 3.05) is 25.1 Å². The molecule has 2 fully saturated rings. The zero-order valence-electron chi connectivity index (χ0n) is 7.45. The third-order valence-corrected chi connectivity index (χ3v) is 5.33. The summed E-state index contributed by atoms with van der Waals surface area (Å²) in [7, 11) is 6.14. The number of piperidine rings is 1. The van der Waals surface area contributed by atoms with Crippen molar-refractivity contribution in [1.29, 1.82) is 0 Å². The molecule has 0 saturated carbocycles. The van der Waals surface area contributed by atoms with Crippen molar-refractivity contribution >= 4 is 21.6 Å². The van der Waals surface area contributed by atoms with Gasteiger partial charge < -0.3 is 0 Å². The fourth-order valence-electron chi connectivity index (χ4n) is 2.09. The van der Waals surface area contributed by atoms with Crippen molar-refractivity contribution in [2.24, 2.45) is 5.92 Å². The van der Waals surface area contributed by atoms with Crippen LogP contribution in [0.25, 0.3) is 0 Å². The van der Waals surface area contributed by atoms with Crippen LogP contribution in [0.2, 0.25) is 0 Å². The van der Waals surface area contributed by atoms with Crippen LogP contribution >= 0.6 is 21.6 Å². The van der Waals surface area contributed by atoms with E-state index in [1.54, 1.807) is 0 Å². The Morgan fingerprint density at radius 2 is 2.17 bits per heavy atom. The van der Waals surface area contributed by atoms with E-state index in [4.69, 9.17) is 0 Å². The number of rotatable bonds is 1. The molecule has 0 radical (unpaired) electrons. The zero-order valence-corrected chi connectivity index (χ0v) is 9.09. The smallest absolute Gasteiger partial charge is 0.0378 e. The predicted octanol–water partition coefficient (Wildman–Crippen LogP) is 1.60. The number of nitrogens with one attached hydrogen (secondary N) is 1. The minimum Gasteiger partial charge on any atom is -0.258 e. The van der Waals surface area contributed by atoms with Gasteiger partial charge in [0, 0.05) is 24.1 Å². The topological polar surface area (TPSA) is 15.3 Å². The molecule has 1 N–H and O–H groups in total. The Hall–Kier alpha value is 0.620. The first-order valence-corrected chi connectivity index (χ1v) is 7.09. The van der Waals surface area contributed by atoms with Crippen LogP contribution in [0, 0.1) is 5.92 Å². The Labute approximate surface area is 82.2 Å². The predicted molar refractivity (Wildman–Crippen MR) is 57.2 cm³/mol. The van der Waals surface area contributed by atoms with Gasteiger partial charge in [0.05, 0.1) is 0 Å². The molecule has 0 spiro atoms. The van der Waals surface area contributed by atoms with E-state index in [2.05, 4.69) is 28.3 Å². The van der Waals surface area contributed by atoms with Gasteiger partial charge in [-0.1, -0.05) is 21.6 Å². The summed E-state index contributed by atoms with van der Waals surface area (Å²) in [5, 5.41) is 2.43. The highest BCUT2D eigenvalue weighted by molar-refractivity contribution is 8.76. The molecule has 2 aliphatic heterocycles. The Morgan fingerprint density at radius 3 is 3.00 bits per heavy atom. The van der Waals surface area contributed by atoms with Crippen molar-refractivity contribution in [3.63, 3.8) is 0 Å². The first-order valence-electron chi connectivity index (χ1n) is 4.60. The van der Waals surface area contributed by atoms with Gasteiger partial charge in [-0.15, -0.1) is 0 Å². The summed E-state index contributed by atoms with van der Waals surface area (Å²) in [5.41, 5.74) is 3.31. The minimum atomic E-state index is 0.801. The van der Waals surface area contributed by atoms with Crippen LogP contribution < -0.4 is 5.43 Å². The third-order valence-electron chi connectivity index (χ3n) is 2.81. The van der Waals surface area contributed by atoms with Gasteiger partial charge in [-0.05, 0) is 25.8 Å². The lowest BCUT2D eigenvalue weighted by molar-refractivity contribution is 0.0752. The van der Waals surface area contributed by atoms with E-state index < -0.39 is 0 Å². The Bertz CT molecular complexity index is 145. The molecule has 0 amide bonds. The second kappa shape index (κ2) is 4.22. The highest BCUT2D eigenvalue weighted by atomic mass is 33.1. The first-order chi connectivity index (χ1) is 5.92. The van der Waals surface area contributed by atoms with Gasteiger partial charge in [0.25, 0.3) is 0 Å². The van der Waals surface area contributed by atoms with Crippen LogP contribution in [0.15, 0.2) is 0 Å². The Balaban J connectivity index is 1.99. The van der Waals surface area contributed by atoms with Crippen LogP contribution in [0.5, 0.6) is 0 Å². The average Bonchev–Trinajstić information content (AvgIpc) is 2.17. The zero-order chi connectivity index (χ0) is 8.39. The van der Waals surface area contributed by atoms with E-state index in [0.29, 0.717) is 0 Å². The molecule has 0 aliphatic carbocycles. The maximum absolute atomic E-state index is 3.31. The van der Waals surface area contributed by atoms with Gasteiger partial charge in [0.2, 0.25) is 0 Å². The van der Waals surface area contributed by atoms with E-state index in [9.17, 15) is 0 Å². The lowest BCUT2D eigenvalue weighted by atomic mass is 9.93. The standard InChI is InChI=1S/C8H16N2S2/c1-9-10-4-2-3-7-5-11-12-6-8(7)10/h7-9H,2-6H2,1H3. The van der Waals surface area contributed by atoms with Gasteiger partial charge in [0.1, 0.15) is 0 Å². The highest BCUT2D eigenvalue weighted by Gasteiger charge is 2.33. The number of nitrogens with zero attached hydrogens (tertiary/aromatic N) is 1. The van der Waals surface area contributed by atoms with Crippen molar-refractivity contribution in [1.82, 2.24) is 10.4 Å². The van der Waals surface area contributed by atoms with Gasteiger partial charge in [-0.25, -0.2) is 5.01 Å². The van der Waals surface area contributed by atoms with Crippen LogP contribution in [-0.4, -0.2) is 36.1 Å². The summed E-state index contributed by atoms with van der Waals surface area (Å²) in [6.07, 6.45) is 2.81. The van der Waals surface area contributed by atoms with Crippen molar-refractivity contribution < 1.29 is 0 Å².